The number of halogens is 1. The second-order valence-corrected chi connectivity index (χ2v) is 9.01. The van der Waals surface area contributed by atoms with Gasteiger partial charge in [0.05, 0.1) is 20.1 Å². The topological polar surface area (TPSA) is 35.5 Å². The summed E-state index contributed by atoms with van der Waals surface area (Å²) in [6.45, 7) is 6.83. The molecule has 0 spiro atoms. The first-order valence-electron chi connectivity index (χ1n) is 9.09. The number of carbonyl (C=O) groups is 1. The molecule has 0 radical (unpaired) electrons. The van der Waals surface area contributed by atoms with Crippen molar-refractivity contribution >= 4 is 21.7 Å². The molecule has 0 bridgehead atoms. The summed E-state index contributed by atoms with van der Waals surface area (Å²) in [7, 11) is 3.25. The zero-order chi connectivity index (χ0) is 19.1. The Hall–Kier alpha value is -1.55. The van der Waals surface area contributed by atoms with E-state index in [-0.39, 0.29) is 22.5 Å². The van der Waals surface area contributed by atoms with Crippen LogP contribution in [0.15, 0.2) is 40.4 Å². The first-order valence-corrected chi connectivity index (χ1v) is 9.88. The molecule has 1 unspecified atom stereocenters. The first-order chi connectivity index (χ1) is 12.2. The average Bonchev–Trinajstić information content (AvgIpc) is 2.71. The van der Waals surface area contributed by atoms with E-state index in [1.54, 1.807) is 20.3 Å². The fraction of sp³-hybridized carbons (Fsp3) is 0.500. The van der Waals surface area contributed by atoms with Crippen LogP contribution in [0.2, 0.25) is 0 Å². The third kappa shape index (κ3) is 3.02. The molecular weight excluding hydrogens is 392 g/mol. The monoisotopic (exact) mass is 418 g/mol. The lowest BCUT2D eigenvalue weighted by Crippen LogP contribution is -2.40. The van der Waals surface area contributed by atoms with E-state index in [9.17, 15) is 4.79 Å². The summed E-state index contributed by atoms with van der Waals surface area (Å²) < 4.78 is 11.8. The number of hydrogen-bond donors (Lipinski definition) is 0. The van der Waals surface area contributed by atoms with Gasteiger partial charge in [0.2, 0.25) is 0 Å². The maximum Gasteiger partial charge on any atom is 0.164 e. The highest BCUT2D eigenvalue weighted by Crippen LogP contribution is 2.59. The van der Waals surface area contributed by atoms with E-state index in [1.807, 2.05) is 18.2 Å². The predicted octanol–water partition coefficient (Wildman–Crippen LogP) is 5.83. The summed E-state index contributed by atoms with van der Waals surface area (Å²) in [4.78, 5) is 13.2. The average molecular weight is 419 g/mol. The van der Waals surface area contributed by atoms with Gasteiger partial charge in [0.1, 0.15) is 0 Å². The lowest BCUT2D eigenvalue weighted by atomic mass is 9.54. The lowest BCUT2D eigenvalue weighted by Gasteiger charge is -2.49. The minimum absolute atomic E-state index is 0.0866. The predicted molar refractivity (Wildman–Crippen MR) is 108 cm³/mol. The van der Waals surface area contributed by atoms with Crippen molar-refractivity contribution in [1.29, 1.82) is 0 Å². The molecule has 0 N–H and O–H groups in total. The van der Waals surface area contributed by atoms with E-state index < -0.39 is 0 Å². The SMILES string of the molecule is COc1cc(Br)c([C@@H]2C(=O)C=CC=C3C(C)(C)CCCC32C)cc1OC. The molecule has 26 heavy (non-hydrogen) atoms. The van der Waals surface area contributed by atoms with Gasteiger partial charge < -0.3 is 9.47 Å². The van der Waals surface area contributed by atoms with Crippen LogP contribution in [0.1, 0.15) is 51.5 Å². The largest absolute Gasteiger partial charge is 0.493 e. The number of rotatable bonds is 3. The highest BCUT2D eigenvalue weighted by molar-refractivity contribution is 9.10. The summed E-state index contributed by atoms with van der Waals surface area (Å²) >= 11 is 3.68. The Morgan fingerprint density at radius 1 is 1.08 bits per heavy atom. The molecule has 2 aliphatic carbocycles. The molecule has 1 aromatic rings. The number of carbonyl (C=O) groups excluding carboxylic acids is 1. The summed E-state index contributed by atoms with van der Waals surface area (Å²) in [5.41, 5.74) is 2.20. The summed E-state index contributed by atoms with van der Waals surface area (Å²) in [5, 5.41) is 0. The van der Waals surface area contributed by atoms with Gasteiger partial charge in [-0.2, -0.15) is 0 Å². The summed E-state index contributed by atoms with van der Waals surface area (Å²) in [6, 6.07) is 3.85. The van der Waals surface area contributed by atoms with Crippen molar-refractivity contribution in [3.05, 3.63) is 46.0 Å². The lowest BCUT2D eigenvalue weighted by molar-refractivity contribution is -0.118. The van der Waals surface area contributed by atoms with Crippen LogP contribution >= 0.6 is 15.9 Å². The van der Waals surface area contributed by atoms with E-state index in [2.05, 4.69) is 42.8 Å². The molecule has 0 aromatic heterocycles. The zero-order valence-corrected chi connectivity index (χ0v) is 17.8. The molecule has 0 heterocycles. The number of ketones is 1. The van der Waals surface area contributed by atoms with Crippen LogP contribution in [0.3, 0.4) is 0 Å². The van der Waals surface area contributed by atoms with Crippen LogP contribution in [-0.4, -0.2) is 20.0 Å². The fourth-order valence-corrected chi connectivity index (χ4v) is 5.44. The van der Waals surface area contributed by atoms with Gasteiger partial charge in [-0.25, -0.2) is 0 Å². The fourth-order valence-electron chi connectivity index (χ4n) is 4.89. The van der Waals surface area contributed by atoms with Crippen LogP contribution in [0, 0.1) is 10.8 Å². The highest BCUT2D eigenvalue weighted by atomic mass is 79.9. The third-order valence-electron chi connectivity index (χ3n) is 6.10. The van der Waals surface area contributed by atoms with E-state index in [1.165, 1.54) is 5.57 Å². The maximum atomic E-state index is 13.2. The van der Waals surface area contributed by atoms with Crippen LogP contribution in [-0.2, 0) is 4.79 Å². The normalized spacial score (nSPS) is 27.4. The zero-order valence-electron chi connectivity index (χ0n) is 16.2. The molecule has 3 nitrogen and oxygen atoms in total. The minimum atomic E-state index is -0.249. The van der Waals surface area contributed by atoms with E-state index in [4.69, 9.17) is 9.47 Å². The number of hydrogen-bond acceptors (Lipinski definition) is 3. The molecule has 1 aromatic carbocycles. The molecule has 3 rings (SSSR count). The minimum Gasteiger partial charge on any atom is -0.493 e. The van der Waals surface area contributed by atoms with Crippen LogP contribution in [0.4, 0.5) is 0 Å². The Bertz CT molecular complexity index is 791. The molecule has 4 heteroatoms. The van der Waals surface area contributed by atoms with Gasteiger partial charge in [-0.15, -0.1) is 0 Å². The van der Waals surface area contributed by atoms with Gasteiger partial charge in [-0.1, -0.05) is 60.8 Å². The molecular formula is C22H27BrO3. The quantitative estimate of drug-likeness (QED) is 0.618. The number of benzene rings is 1. The maximum absolute atomic E-state index is 13.2. The van der Waals surface area contributed by atoms with Gasteiger partial charge in [0.25, 0.3) is 0 Å². The Morgan fingerprint density at radius 3 is 2.38 bits per heavy atom. The smallest absolute Gasteiger partial charge is 0.164 e. The summed E-state index contributed by atoms with van der Waals surface area (Å²) in [6.07, 6.45) is 9.09. The van der Waals surface area contributed by atoms with Gasteiger partial charge in [0, 0.05) is 9.89 Å². The third-order valence-corrected chi connectivity index (χ3v) is 6.79. The number of methoxy groups -OCH3 is 2. The van der Waals surface area contributed by atoms with Crippen molar-refractivity contribution < 1.29 is 14.3 Å². The number of ether oxygens (including phenoxy) is 2. The van der Waals surface area contributed by atoms with Crippen molar-refractivity contribution in [1.82, 2.24) is 0 Å². The Kier molecular flexibility index (Phi) is 5.08. The van der Waals surface area contributed by atoms with Gasteiger partial charge >= 0.3 is 0 Å². The van der Waals surface area contributed by atoms with Gasteiger partial charge in [-0.3, -0.25) is 4.79 Å². The number of fused-ring (bicyclic) bond motifs is 1. The summed E-state index contributed by atoms with van der Waals surface area (Å²) in [5.74, 6) is 1.20. The molecule has 140 valence electrons. The van der Waals surface area contributed by atoms with E-state index in [0.717, 1.165) is 29.3 Å². The van der Waals surface area contributed by atoms with Crippen LogP contribution in [0.5, 0.6) is 11.5 Å². The van der Waals surface area contributed by atoms with Crippen molar-refractivity contribution in [2.24, 2.45) is 10.8 Å². The number of allylic oxidation sites excluding steroid dienone is 4. The molecule has 0 saturated heterocycles. The van der Waals surface area contributed by atoms with Crippen molar-refractivity contribution in [2.75, 3.05) is 14.2 Å². The Morgan fingerprint density at radius 2 is 1.73 bits per heavy atom. The second kappa shape index (κ2) is 6.88. The van der Waals surface area contributed by atoms with Crippen molar-refractivity contribution in [2.45, 2.75) is 46.0 Å². The highest BCUT2D eigenvalue weighted by Gasteiger charge is 2.49. The van der Waals surface area contributed by atoms with Crippen LogP contribution < -0.4 is 9.47 Å². The molecule has 1 saturated carbocycles. The van der Waals surface area contributed by atoms with Crippen molar-refractivity contribution in [3.63, 3.8) is 0 Å². The second-order valence-electron chi connectivity index (χ2n) is 8.16. The molecule has 0 amide bonds. The Balaban J connectivity index is 2.21. The van der Waals surface area contributed by atoms with E-state index >= 15 is 0 Å². The van der Waals surface area contributed by atoms with Crippen LogP contribution in [0.25, 0.3) is 0 Å². The van der Waals surface area contributed by atoms with E-state index in [0.29, 0.717) is 11.5 Å². The van der Waals surface area contributed by atoms with Crippen molar-refractivity contribution in [3.8, 4) is 11.5 Å². The molecule has 2 aliphatic rings. The van der Waals surface area contributed by atoms with Gasteiger partial charge in [-0.05, 0) is 42.0 Å². The Labute approximate surface area is 164 Å². The standard InChI is InChI=1S/C22H27BrO3/c1-21(2)10-7-11-22(3)19(21)9-6-8-16(24)20(22)14-12-17(25-4)18(26-5)13-15(14)23/h6,8-9,12-13,20H,7,10-11H2,1-5H3/t20-,22?/m1/s1. The molecule has 0 aliphatic heterocycles. The van der Waals surface area contributed by atoms with Gasteiger partial charge in [0.15, 0.2) is 17.3 Å². The molecule has 1 fully saturated rings. The first kappa shape index (κ1) is 19.2. The molecule has 2 atom stereocenters.